The van der Waals surface area contributed by atoms with Crippen molar-refractivity contribution in [2.24, 2.45) is 0 Å². The molecule has 2 aromatic carbocycles. The number of nitrogens with one attached hydrogen (secondary N) is 1. The molecular weight excluding hydrogens is 519 g/mol. The standard InChI is InChI=1S/C28H25FN6O3S/c29-26-5-4-19(15-30-26)28-32-25(17-39-28)27(37)31-24-13-20-16-35(7-6-34-8-10-38-11-9-34)33-23(20)14-22(24)18-2-1-3-21(36)12-18/h1-5,12-17,36H,6-11H2,(H,31,37). The van der Waals surface area contributed by atoms with Gasteiger partial charge in [0.2, 0.25) is 5.95 Å². The lowest BCUT2D eigenvalue weighted by Crippen LogP contribution is -2.38. The molecule has 0 aliphatic carbocycles. The van der Waals surface area contributed by atoms with Crippen LogP contribution in [0.5, 0.6) is 5.75 Å². The Morgan fingerprint density at radius 3 is 2.77 bits per heavy atom. The number of anilines is 1. The zero-order valence-corrected chi connectivity index (χ0v) is 21.7. The first-order valence-electron chi connectivity index (χ1n) is 12.5. The highest BCUT2D eigenvalue weighted by Gasteiger charge is 2.17. The number of phenolic OH excluding ortho intramolecular Hbond substituents is 1. The fourth-order valence-corrected chi connectivity index (χ4v) is 5.31. The minimum atomic E-state index is -0.576. The van der Waals surface area contributed by atoms with Crippen LogP contribution in [-0.4, -0.2) is 68.5 Å². The van der Waals surface area contributed by atoms with Crippen molar-refractivity contribution in [1.82, 2.24) is 24.6 Å². The molecule has 0 spiro atoms. The summed E-state index contributed by atoms with van der Waals surface area (Å²) in [7, 11) is 0. The second-order valence-corrected chi connectivity index (χ2v) is 10.1. The summed E-state index contributed by atoms with van der Waals surface area (Å²) in [5, 5.41) is 21.0. The molecule has 6 rings (SSSR count). The smallest absolute Gasteiger partial charge is 0.275 e. The summed E-state index contributed by atoms with van der Waals surface area (Å²) in [5.41, 5.74) is 3.70. The molecule has 1 aliphatic heterocycles. The normalized spacial score (nSPS) is 14.1. The van der Waals surface area contributed by atoms with Crippen molar-refractivity contribution < 1.29 is 19.0 Å². The van der Waals surface area contributed by atoms with Crippen molar-refractivity contribution in [2.45, 2.75) is 6.54 Å². The number of thiazole rings is 1. The second-order valence-electron chi connectivity index (χ2n) is 9.21. The first-order valence-corrected chi connectivity index (χ1v) is 13.4. The van der Waals surface area contributed by atoms with Crippen LogP contribution in [0.2, 0.25) is 0 Å². The lowest BCUT2D eigenvalue weighted by Gasteiger charge is -2.26. The van der Waals surface area contributed by atoms with Crippen molar-refractivity contribution in [3.05, 3.63) is 77.9 Å². The van der Waals surface area contributed by atoms with E-state index in [1.165, 1.54) is 23.6 Å². The van der Waals surface area contributed by atoms with E-state index < -0.39 is 5.95 Å². The Kier molecular flexibility index (Phi) is 7.01. The van der Waals surface area contributed by atoms with Gasteiger partial charge in [0.15, 0.2) is 0 Å². The highest BCUT2D eigenvalue weighted by Crippen LogP contribution is 2.34. The van der Waals surface area contributed by atoms with Crippen LogP contribution >= 0.6 is 11.3 Å². The molecular formula is C28H25FN6O3S. The molecule has 2 N–H and O–H groups in total. The molecule has 39 heavy (non-hydrogen) atoms. The number of ether oxygens (including phenoxy) is 1. The van der Waals surface area contributed by atoms with Gasteiger partial charge in [0.25, 0.3) is 5.91 Å². The van der Waals surface area contributed by atoms with E-state index in [-0.39, 0.29) is 17.4 Å². The number of halogens is 1. The molecule has 1 saturated heterocycles. The Morgan fingerprint density at radius 1 is 1.10 bits per heavy atom. The monoisotopic (exact) mass is 544 g/mol. The lowest BCUT2D eigenvalue weighted by molar-refractivity contribution is 0.0360. The summed E-state index contributed by atoms with van der Waals surface area (Å²) in [6.45, 7) is 4.92. The van der Waals surface area contributed by atoms with Crippen LogP contribution in [0.15, 0.2) is 66.3 Å². The van der Waals surface area contributed by atoms with Crippen LogP contribution in [0.3, 0.4) is 0 Å². The van der Waals surface area contributed by atoms with Gasteiger partial charge in [-0.15, -0.1) is 11.3 Å². The highest BCUT2D eigenvalue weighted by atomic mass is 32.1. The van der Waals surface area contributed by atoms with Gasteiger partial charge in [0.1, 0.15) is 16.5 Å². The van der Waals surface area contributed by atoms with Crippen LogP contribution in [-0.2, 0) is 11.3 Å². The molecule has 1 fully saturated rings. The van der Waals surface area contributed by atoms with Crippen molar-refractivity contribution in [2.75, 3.05) is 38.2 Å². The maximum atomic E-state index is 13.3. The average molecular weight is 545 g/mol. The zero-order chi connectivity index (χ0) is 26.8. The summed E-state index contributed by atoms with van der Waals surface area (Å²) in [6, 6.07) is 13.5. The van der Waals surface area contributed by atoms with Gasteiger partial charge in [-0.1, -0.05) is 12.1 Å². The molecule has 1 aliphatic rings. The number of carbonyl (C=O) groups excluding carboxylic acids is 1. The van der Waals surface area contributed by atoms with Crippen LogP contribution < -0.4 is 5.32 Å². The lowest BCUT2D eigenvalue weighted by atomic mass is 10.0. The molecule has 0 unspecified atom stereocenters. The minimum Gasteiger partial charge on any atom is -0.508 e. The number of hydrogen-bond donors (Lipinski definition) is 2. The largest absolute Gasteiger partial charge is 0.508 e. The Bertz CT molecular complexity index is 1630. The second kappa shape index (κ2) is 10.9. The first-order chi connectivity index (χ1) is 19.0. The van der Waals surface area contributed by atoms with Gasteiger partial charge in [-0.2, -0.15) is 9.49 Å². The molecule has 0 atom stereocenters. The quantitative estimate of drug-likeness (QED) is 0.287. The van der Waals surface area contributed by atoms with Gasteiger partial charge in [0.05, 0.1) is 25.3 Å². The minimum absolute atomic E-state index is 0.123. The van der Waals surface area contributed by atoms with Crippen molar-refractivity contribution in [3.8, 4) is 27.4 Å². The van der Waals surface area contributed by atoms with Gasteiger partial charge in [-0.25, -0.2) is 9.97 Å². The first kappa shape index (κ1) is 25.1. The maximum absolute atomic E-state index is 13.3. The van der Waals surface area contributed by atoms with Crippen molar-refractivity contribution in [3.63, 3.8) is 0 Å². The number of hydrogen-bond acceptors (Lipinski definition) is 8. The molecule has 0 saturated carbocycles. The predicted octanol–water partition coefficient (Wildman–Crippen LogP) is 4.65. The number of fused-ring (bicyclic) bond motifs is 1. The number of amides is 1. The Labute approximate surface area is 227 Å². The molecule has 198 valence electrons. The molecule has 0 bridgehead atoms. The van der Waals surface area contributed by atoms with E-state index in [0.29, 0.717) is 16.3 Å². The fraction of sp³-hybridized carbons (Fsp3) is 0.214. The third-order valence-corrected chi connectivity index (χ3v) is 7.45. The molecule has 9 nitrogen and oxygen atoms in total. The molecule has 4 heterocycles. The number of aromatic hydroxyl groups is 1. The third kappa shape index (κ3) is 5.65. The van der Waals surface area contributed by atoms with Crippen LogP contribution in [0.4, 0.5) is 10.1 Å². The number of benzene rings is 2. The van der Waals surface area contributed by atoms with E-state index in [0.717, 1.165) is 61.4 Å². The van der Waals surface area contributed by atoms with Crippen molar-refractivity contribution in [1.29, 1.82) is 0 Å². The van der Waals surface area contributed by atoms with Crippen molar-refractivity contribution >= 4 is 33.8 Å². The molecule has 3 aromatic heterocycles. The summed E-state index contributed by atoms with van der Waals surface area (Å²) in [5.74, 6) is -0.835. The van der Waals surface area contributed by atoms with E-state index in [4.69, 9.17) is 9.84 Å². The van der Waals surface area contributed by atoms with Gasteiger partial charge >= 0.3 is 0 Å². The van der Waals surface area contributed by atoms with Gasteiger partial charge in [0, 0.05) is 59.6 Å². The number of nitrogens with zero attached hydrogens (tertiary/aromatic N) is 5. The van der Waals surface area contributed by atoms with Crippen LogP contribution in [0.25, 0.3) is 32.6 Å². The molecule has 11 heteroatoms. The van der Waals surface area contributed by atoms with Crippen LogP contribution in [0, 0.1) is 5.95 Å². The SMILES string of the molecule is O=C(Nc1cc2cn(CCN3CCOCC3)nc2cc1-c1cccc(O)c1)c1csc(-c2ccc(F)nc2)n1. The summed E-state index contributed by atoms with van der Waals surface area (Å²) in [6.07, 6.45) is 3.36. The van der Waals surface area contributed by atoms with E-state index in [1.807, 2.05) is 29.1 Å². The van der Waals surface area contributed by atoms with Gasteiger partial charge in [-0.3, -0.25) is 14.4 Å². The molecule has 0 radical (unpaired) electrons. The zero-order valence-electron chi connectivity index (χ0n) is 20.9. The van der Waals surface area contributed by atoms with E-state index in [2.05, 4.69) is 20.2 Å². The Morgan fingerprint density at radius 2 is 1.97 bits per heavy atom. The number of carbonyl (C=O) groups is 1. The van der Waals surface area contributed by atoms with E-state index in [9.17, 15) is 14.3 Å². The molecule has 5 aromatic rings. The van der Waals surface area contributed by atoms with E-state index >= 15 is 0 Å². The number of morpholine rings is 1. The predicted molar refractivity (Wildman–Crippen MR) is 147 cm³/mol. The highest BCUT2D eigenvalue weighted by molar-refractivity contribution is 7.13. The van der Waals surface area contributed by atoms with E-state index in [1.54, 1.807) is 29.6 Å². The molecule has 1 amide bonds. The number of aromatic nitrogens is 4. The Hall–Kier alpha value is -4.19. The number of pyridine rings is 1. The number of rotatable bonds is 7. The summed E-state index contributed by atoms with van der Waals surface area (Å²) >= 11 is 1.28. The van der Waals surface area contributed by atoms with Crippen LogP contribution in [0.1, 0.15) is 10.5 Å². The average Bonchev–Trinajstić information content (AvgIpc) is 3.60. The topological polar surface area (TPSA) is 105 Å². The number of phenols is 1. The maximum Gasteiger partial charge on any atom is 0.275 e. The summed E-state index contributed by atoms with van der Waals surface area (Å²) in [4.78, 5) is 23.7. The fourth-order valence-electron chi connectivity index (χ4n) is 4.52. The van der Waals surface area contributed by atoms with Gasteiger partial charge < -0.3 is 15.2 Å². The van der Waals surface area contributed by atoms with Gasteiger partial charge in [-0.05, 0) is 42.0 Å². The summed E-state index contributed by atoms with van der Waals surface area (Å²) < 4.78 is 20.6. The third-order valence-electron chi connectivity index (χ3n) is 6.56. The Balaban J connectivity index is 1.29.